The summed E-state index contributed by atoms with van der Waals surface area (Å²) in [5, 5.41) is 6.64. The van der Waals surface area contributed by atoms with Crippen LogP contribution in [-0.2, 0) is 27.4 Å². The number of carbonyl (C=O) groups excluding carboxylic acids is 2. The average Bonchev–Trinajstić information content (AvgIpc) is 3.53. The molecule has 0 aliphatic carbocycles. The van der Waals surface area contributed by atoms with Crippen LogP contribution in [0, 0.1) is 0 Å². The highest BCUT2D eigenvalue weighted by molar-refractivity contribution is 5.91. The van der Waals surface area contributed by atoms with Crippen LogP contribution in [0.25, 0.3) is 0 Å². The summed E-state index contributed by atoms with van der Waals surface area (Å²) in [6.45, 7) is 11.5. The summed E-state index contributed by atoms with van der Waals surface area (Å²) in [5.41, 5.74) is 8.72. The molecule has 0 spiro atoms. The molecule has 0 aromatic heterocycles. The van der Waals surface area contributed by atoms with E-state index in [9.17, 15) is 9.59 Å². The van der Waals surface area contributed by atoms with E-state index in [0.717, 1.165) is 42.5 Å². The Balaban J connectivity index is 1.29. The quantitative estimate of drug-likeness (QED) is 0.258. The molecular weight excluding hydrogens is 618 g/mol. The van der Waals surface area contributed by atoms with Gasteiger partial charge in [-0.25, -0.2) is 4.99 Å². The Morgan fingerprint density at radius 2 is 1.82 bits per heavy atom. The number of aliphatic imine (C=N–C) groups is 1. The lowest BCUT2D eigenvalue weighted by molar-refractivity contribution is -0.145. The molecule has 0 saturated carbocycles. The van der Waals surface area contributed by atoms with E-state index in [1.807, 2.05) is 48.2 Å². The number of unbranched alkanes of at least 4 members (excludes halogenated alkanes) is 1. The van der Waals surface area contributed by atoms with Crippen molar-refractivity contribution in [3.05, 3.63) is 65.2 Å². The van der Waals surface area contributed by atoms with Gasteiger partial charge in [0.05, 0.1) is 25.7 Å². The number of likely N-dealkylation sites (tertiary alicyclic amines) is 1. The maximum absolute atomic E-state index is 14.4. The molecule has 49 heavy (non-hydrogen) atoms. The van der Waals surface area contributed by atoms with Gasteiger partial charge in [-0.1, -0.05) is 69.2 Å². The van der Waals surface area contributed by atoms with Crippen LogP contribution in [0.5, 0.6) is 5.75 Å². The van der Waals surface area contributed by atoms with Crippen LogP contribution >= 0.6 is 0 Å². The van der Waals surface area contributed by atoms with E-state index < -0.39 is 6.04 Å². The third-order valence-corrected chi connectivity index (χ3v) is 9.89. The zero-order valence-corrected chi connectivity index (χ0v) is 29.9. The number of carbonyl (C=O) groups is 2. The molecule has 3 aliphatic heterocycles. The molecule has 5 rings (SSSR count). The van der Waals surface area contributed by atoms with Gasteiger partial charge in [0.15, 0.2) is 0 Å². The van der Waals surface area contributed by atoms with E-state index in [2.05, 4.69) is 41.5 Å². The van der Waals surface area contributed by atoms with Crippen molar-refractivity contribution in [2.45, 2.75) is 103 Å². The van der Waals surface area contributed by atoms with E-state index in [0.29, 0.717) is 44.5 Å². The summed E-state index contributed by atoms with van der Waals surface area (Å²) >= 11 is 0. The van der Waals surface area contributed by atoms with E-state index in [4.69, 9.17) is 20.2 Å². The number of hydrogen-bond donors (Lipinski definition) is 3. The number of ether oxygens (including phenoxy) is 2. The van der Waals surface area contributed by atoms with Crippen LogP contribution in [-0.4, -0.2) is 103 Å². The van der Waals surface area contributed by atoms with E-state index in [-0.39, 0.29) is 36.0 Å². The first-order valence-corrected chi connectivity index (χ1v) is 18.2. The third kappa shape index (κ3) is 9.73. The number of benzene rings is 2. The second-order valence-corrected chi connectivity index (χ2v) is 13.9. The second-order valence-electron chi connectivity index (χ2n) is 13.9. The van der Waals surface area contributed by atoms with Crippen molar-refractivity contribution in [3.8, 4) is 5.75 Å². The lowest BCUT2D eigenvalue weighted by atomic mass is 10.0. The third-order valence-electron chi connectivity index (χ3n) is 9.89. The summed E-state index contributed by atoms with van der Waals surface area (Å²) < 4.78 is 11.9. The Kier molecular flexibility index (Phi) is 13.3. The minimum atomic E-state index is -0.714. The number of amides is 2. The lowest BCUT2D eigenvalue weighted by Crippen LogP contribution is -2.64. The van der Waals surface area contributed by atoms with Crippen LogP contribution in [0.15, 0.2) is 53.5 Å². The molecule has 11 nitrogen and oxygen atoms in total. The second kappa shape index (κ2) is 17.8. The van der Waals surface area contributed by atoms with Crippen molar-refractivity contribution in [3.63, 3.8) is 0 Å². The summed E-state index contributed by atoms with van der Waals surface area (Å²) in [4.78, 5) is 39.6. The van der Waals surface area contributed by atoms with Gasteiger partial charge in [0.25, 0.3) is 6.02 Å². The van der Waals surface area contributed by atoms with Gasteiger partial charge in [0, 0.05) is 37.8 Å². The Bertz CT molecular complexity index is 1400. The zero-order valence-electron chi connectivity index (χ0n) is 29.9. The predicted molar refractivity (Wildman–Crippen MR) is 193 cm³/mol. The van der Waals surface area contributed by atoms with Gasteiger partial charge in [-0.15, -0.1) is 0 Å². The Hall–Kier alpha value is -3.67. The van der Waals surface area contributed by atoms with Crippen LogP contribution < -0.4 is 21.1 Å². The van der Waals surface area contributed by atoms with Crippen molar-refractivity contribution in [1.29, 1.82) is 0 Å². The first kappa shape index (κ1) is 36.6. The van der Waals surface area contributed by atoms with Crippen molar-refractivity contribution < 1.29 is 19.1 Å². The molecule has 11 heteroatoms. The Labute approximate surface area is 292 Å². The Morgan fingerprint density at radius 3 is 2.53 bits per heavy atom. The summed E-state index contributed by atoms with van der Waals surface area (Å²) in [6, 6.07) is 15.4. The molecule has 0 unspecified atom stereocenters. The van der Waals surface area contributed by atoms with Crippen molar-refractivity contribution >= 4 is 17.8 Å². The highest BCUT2D eigenvalue weighted by Gasteiger charge is 2.41. The normalized spacial score (nSPS) is 22.1. The SMILES string of the molecule is COc1cc(CNC(=O)[C@@H]2CN(C3=N[C@@H](C)[C@H](c4ccccc4)O3)CCN2C(=O)[C@@H](CCCCN2CCCCC2)NC(C)C)ccc1CN. The van der Waals surface area contributed by atoms with Crippen molar-refractivity contribution in [2.75, 3.05) is 46.4 Å². The molecule has 0 bridgehead atoms. The van der Waals surface area contributed by atoms with Crippen LogP contribution in [0.1, 0.15) is 82.1 Å². The molecule has 2 fully saturated rings. The van der Waals surface area contributed by atoms with E-state index in [1.165, 1.54) is 32.4 Å². The maximum atomic E-state index is 14.4. The molecule has 0 radical (unpaired) electrons. The predicted octanol–water partition coefficient (Wildman–Crippen LogP) is 3.82. The topological polar surface area (TPSA) is 125 Å². The number of methoxy groups -OCH3 is 1. The number of hydrogen-bond acceptors (Lipinski definition) is 9. The summed E-state index contributed by atoms with van der Waals surface area (Å²) in [5.74, 6) is 0.459. The minimum absolute atomic E-state index is 0.0229. The van der Waals surface area contributed by atoms with Crippen LogP contribution in [0.3, 0.4) is 0 Å². The number of amidine groups is 1. The van der Waals surface area contributed by atoms with Crippen molar-refractivity contribution in [2.24, 2.45) is 10.7 Å². The van der Waals surface area contributed by atoms with Gasteiger partial charge in [0.2, 0.25) is 11.8 Å². The van der Waals surface area contributed by atoms with Gasteiger partial charge in [-0.3, -0.25) is 9.59 Å². The summed E-state index contributed by atoms with van der Waals surface area (Å²) in [7, 11) is 1.61. The van der Waals surface area contributed by atoms with Gasteiger partial charge >= 0.3 is 0 Å². The van der Waals surface area contributed by atoms with Gasteiger partial charge < -0.3 is 40.5 Å². The minimum Gasteiger partial charge on any atom is -0.496 e. The number of rotatable bonds is 14. The average molecular weight is 676 g/mol. The zero-order chi connectivity index (χ0) is 34.8. The molecular formula is C38H57N7O4. The number of piperidine rings is 1. The highest BCUT2D eigenvalue weighted by atomic mass is 16.5. The van der Waals surface area contributed by atoms with Crippen LogP contribution in [0.4, 0.5) is 0 Å². The summed E-state index contributed by atoms with van der Waals surface area (Å²) in [6.07, 6.45) is 6.44. The number of nitrogens with zero attached hydrogens (tertiary/aromatic N) is 4. The fraction of sp³-hybridized carbons (Fsp3) is 0.605. The molecule has 3 aliphatic rings. The molecule has 2 amide bonds. The van der Waals surface area contributed by atoms with E-state index in [1.54, 1.807) is 12.0 Å². The smallest absolute Gasteiger partial charge is 0.288 e. The van der Waals surface area contributed by atoms with Gasteiger partial charge in [-0.2, -0.15) is 0 Å². The largest absolute Gasteiger partial charge is 0.496 e. The monoisotopic (exact) mass is 675 g/mol. The molecule has 3 heterocycles. The molecule has 2 saturated heterocycles. The lowest BCUT2D eigenvalue weighted by Gasteiger charge is -2.42. The van der Waals surface area contributed by atoms with Gasteiger partial charge in [-0.05, 0) is 69.4 Å². The van der Waals surface area contributed by atoms with Gasteiger partial charge in [0.1, 0.15) is 17.9 Å². The molecule has 2 aromatic carbocycles. The van der Waals surface area contributed by atoms with Crippen molar-refractivity contribution in [1.82, 2.24) is 25.3 Å². The highest BCUT2D eigenvalue weighted by Crippen LogP contribution is 2.31. The molecule has 2 aromatic rings. The number of nitrogens with one attached hydrogen (secondary N) is 2. The number of nitrogens with two attached hydrogens (primary N) is 1. The first-order chi connectivity index (χ1) is 23.8. The Morgan fingerprint density at radius 1 is 1.04 bits per heavy atom. The molecule has 4 atom stereocenters. The first-order valence-electron chi connectivity index (χ1n) is 18.2. The fourth-order valence-electron chi connectivity index (χ4n) is 7.20. The van der Waals surface area contributed by atoms with E-state index >= 15 is 0 Å². The molecule has 4 N–H and O–H groups in total. The number of piperazine rings is 1. The van der Waals surface area contributed by atoms with Crippen LogP contribution in [0.2, 0.25) is 0 Å². The maximum Gasteiger partial charge on any atom is 0.288 e. The standard InChI is InChI=1S/C38H57N7O4/c1-27(2)41-32(15-9-12-20-43-18-10-6-11-19-43)37(47)45-22-21-44(38-42-28(3)35(49-38)30-13-7-5-8-14-30)26-33(45)36(46)40-25-29-16-17-31(24-39)34(23-29)48-4/h5,7-8,13-14,16-17,23,27-28,32-33,35,41H,6,9-12,15,18-22,24-26,39H2,1-4H3,(H,40,46)/t28-,32+,33-,35+/m0/s1. The molecule has 268 valence electrons. The fourth-order valence-corrected chi connectivity index (χ4v) is 7.20.